The molecule has 0 fully saturated rings. The molecular weight excluding hydrogens is 180 g/mol. The van der Waals surface area contributed by atoms with E-state index < -0.39 is 8.07 Å². The highest BCUT2D eigenvalue weighted by molar-refractivity contribution is 6.83. The maximum Gasteiger partial charge on any atom is 0.198 e. The first-order valence-electron chi connectivity index (χ1n) is 4.38. The minimum absolute atomic E-state index is 0.106. The molecule has 0 aliphatic heterocycles. The van der Waals surface area contributed by atoms with Gasteiger partial charge >= 0.3 is 0 Å². The number of aliphatic hydroxyl groups is 1. The first kappa shape index (κ1) is 10.1. The summed E-state index contributed by atoms with van der Waals surface area (Å²) in [5, 5.41) is 9.30. The van der Waals surface area contributed by atoms with E-state index in [0.717, 1.165) is 0 Å². The molecule has 0 aromatic rings. The summed E-state index contributed by atoms with van der Waals surface area (Å²) in [7, 11) is -1.39. The Bertz CT molecular complexity index is 323. The molecule has 0 saturated carbocycles. The number of hydrogen-bond acceptors (Lipinski definition) is 2. The molecule has 0 unspecified atom stereocenters. The third kappa shape index (κ3) is 2.74. The highest BCUT2D eigenvalue weighted by Crippen LogP contribution is 2.19. The van der Waals surface area contributed by atoms with Crippen molar-refractivity contribution in [2.75, 3.05) is 0 Å². The summed E-state index contributed by atoms with van der Waals surface area (Å²) in [6.45, 7) is 6.40. The summed E-state index contributed by atoms with van der Waals surface area (Å²) < 4.78 is 0. The molecule has 1 rings (SSSR count). The highest BCUT2D eigenvalue weighted by atomic mass is 28.3. The Morgan fingerprint density at radius 2 is 1.92 bits per heavy atom. The molecule has 0 saturated heterocycles. The lowest BCUT2D eigenvalue weighted by atomic mass is 10.2. The van der Waals surface area contributed by atoms with Crippen LogP contribution < -0.4 is 0 Å². The van der Waals surface area contributed by atoms with Gasteiger partial charge in [0.25, 0.3) is 0 Å². The second-order valence-electron chi connectivity index (χ2n) is 4.25. The molecular formula is C10H14O2Si. The monoisotopic (exact) mass is 194 g/mol. The van der Waals surface area contributed by atoms with Gasteiger partial charge in [0.15, 0.2) is 11.5 Å². The lowest BCUT2D eigenvalue weighted by Crippen LogP contribution is -2.16. The second kappa shape index (κ2) is 3.39. The molecule has 1 aliphatic carbocycles. The molecule has 1 aliphatic rings. The van der Waals surface area contributed by atoms with Crippen LogP contribution in [-0.2, 0) is 4.79 Å². The fourth-order valence-electron chi connectivity index (χ4n) is 1.03. The van der Waals surface area contributed by atoms with Crippen molar-refractivity contribution in [3.8, 4) is 11.5 Å². The lowest BCUT2D eigenvalue weighted by Gasteiger charge is -2.03. The van der Waals surface area contributed by atoms with Crippen LogP contribution in [0.4, 0.5) is 0 Å². The second-order valence-corrected chi connectivity index (χ2v) is 9.00. The quantitative estimate of drug-likeness (QED) is 0.473. The molecule has 0 aromatic carbocycles. The molecule has 70 valence electrons. The van der Waals surface area contributed by atoms with E-state index in [9.17, 15) is 9.90 Å². The summed E-state index contributed by atoms with van der Waals surface area (Å²) in [6.07, 6.45) is 1.03. The summed E-state index contributed by atoms with van der Waals surface area (Å²) in [4.78, 5) is 10.9. The van der Waals surface area contributed by atoms with Crippen LogP contribution in [0.2, 0.25) is 19.6 Å². The number of aliphatic hydroxyl groups excluding tert-OH is 1. The van der Waals surface area contributed by atoms with E-state index in [1.54, 1.807) is 0 Å². The van der Waals surface area contributed by atoms with E-state index in [-0.39, 0.29) is 11.5 Å². The molecule has 0 atom stereocenters. The molecule has 13 heavy (non-hydrogen) atoms. The Balaban J connectivity index is 2.85. The maximum atomic E-state index is 10.9. The Kier molecular flexibility index (Phi) is 2.62. The zero-order valence-electron chi connectivity index (χ0n) is 8.27. The van der Waals surface area contributed by atoms with Gasteiger partial charge in [-0.2, -0.15) is 0 Å². The van der Waals surface area contributed by atoms with Gasteiger partial charge in [0.05, 0.1) is 0 Å². The normalized spacial score (nSPS) is 17.3. The van der Waals surface area contributed by atoms with Gasteiger partial charge in [-0.3, -0.25) is 4.79 Å². The van der Waals surface area contributed by atoms with Crippen molar-refractivity contribution >= 4 is 13.9 Å². The Morgan fingerprint density at radius 3 is 2.31 bits per heavy atom. The van der Waals surface area contributed by atoms with E-state index >= 15 is 0 Å². The number of carbonyl (C=O) groups is 1. The fourth-order valence-corrected chi connectivity index (χ4v) is 1.55. The van der Waals surface area contributed by atoms with E-state index in [2.05, 4.69) is 31.1 Å². The molecule has 0 amide bonds. The molecule has 0 aromatic heterocycles. The van der Waals surface area contributed by atoms with Crippen LogP contribution in [0.15, 0.2) is 11.3 Å². The number of ketones is 1. The largest absolute Gasteiger partial charge is 0.504 e. The minimum Gasteiger partial charge on any atom is -0.504 e. The van der Waals surface area contributed by atoms with Gasteiger partial charge in [-0.1, -0.05) is 25.6 Å². The van der Waals surface area contributed by atoms with Crippen molar-refractivity contribution in [3.63, 3.8) is 0 Å². The van der Waals surface area contributed by atoms with Crippen LogP contribution in [0.1, 0.15) is 12.8 Å². The van der Waals surface area contributed by atoms with E-state index in [1.165, 1.54) is 0 Å². The number of rotatable bonds is 0. The molecule has 0 spiro atoms. The predicted octanol–water partition coefficient (Wildman–Crippen LogP) is 2.04. The van der Waals surface area contributed by atoms with Crippen LogP contribution in [0.3, 0.4) is 0 Å². The molecule has 0 radical (unpaired) electrons. The smallest absolute Gasteiger partial charge is 0.198 e. The summed E-state index contributed by atoms with van der Waals surface area (Å²) >= 11 is 0. The van der Waals surface area contributed by atoms with Crippen LogP contribution in [0, 0.1) is 11.5 Å². The van der Waals surface area contributed by atoms with Crippen molar-refractivity contribution in [2.24, 2.45) is 0 Å². The van der Waals surface area contributed by atoms with Gasteiger partial charge in [-0.05, 0) is 6.42 Å². The summed E-state index contributed by atoms with van der Waals surface area (Å²) in [6, 6.07) is 0. The summed E-state index contributed by atoms with van der Waals surface area (Å²) in [5.41, 5.74) is 3.77. The van der Waals surface area contributed by atoms with Gasteiger partial charge in [0, 0.05) is 12.0 Å². The summed E-state index contributed by atoms with van der Waals surface area (Å²) in [5.74, 6) is 2.65. The van der Waals surface area contributed by atoms with Crippen LogP contribution >= 0.6 is 0 Å². The van der Waals surface area contributed by atoms with Crippen molar-refractivity contribution in [1.82, 2.24) is 0 Å². The van der Waals surface area contributed by atoms with Crippen LogP contribution in [0.5, 0.6) is 0 Å². The van der Waals surface area contributed by atoms with Crippen LogP contribution in [0.25, 0.3) is 0 Å². The Labute approximate surface area is 79.7 Å². The Morgan fingerprint density at radius 1 is 1.31 bits per heavy atom. The zero-order valence-corrected chi connectivity index (χ0v) is 9.27. The molecule has 2 nitrogen and oxygen atoms in total. The first-order chi connectivity index (χ1) is 5.90. The average molecular weight is 194 g/mol. The van der Waals surface area contributed by atoms with Gasteiger partial charge in [-0.25, -0.2) is 0 Å². The van der Waals surface area contributed by atoms with Crippen molar-refractivity contribution in [1.29, 1.82) is 0 Å². The van der Waals surface area contributed by atoms with Crippen molar-refractivity contribution < 1.29 is 9.90 Å². The van der Waals surface area contributed by atoms with Gasteiger partial charge < -0.3 is 5.11 Å². The van der Waals surface area contributed by atoms with E-state index in [0.29, 0.717) is 18.4 Å². The molecule has 3 heteroatoms. The SMILES string of the molecule is C[Si](C)(C)C#CC1=C(O)C(=O)CC1. The average Bonchev–Trinajstić information content (AvgIpc) is 2.29. The number of Topliss-reactive ketones (excluding diaryl/α,β-unsaturated/α-hetero) is 1. The predicted molar refractivity (Wildman–Crippen MR) is 55.0 cm³/mol. The van der Waals surface area contributed by atoms with Crippen LogP contribution in [-0.4, -0.2) is 19.0 Å². The number of allylic oxidation sites excluding steroid dienone is 2. The third-order valence-corrected chi connectivity index (χ3v) is 2.62. The number of carbonyl (C=O) groups excluding carboxylic acids is 1. The van der Waals surface area contributed by atoms with Crippen molar-refractivity contribution in [2.45, 2.75) is 32.5 Å². The zero-order chi connectivity index (χ0) is 10.1. The molecule has 0 bridgehead atoms. The van der Waals surface area contributed by atoms with Gasteiger partial charge in [-0.15, -0.1) is 5.54 Å². The van der Waals surface area contributed by atoms with E-state index in [4.69, 9.17) is 0 Å². The van der Waals surface area contributed by atoms with Crippen molar-refractivity contribution in [3.05, 3.63) is 11.3 Å². The molecule has 1 N–H and O–H groups in total. The topological polar surface area (TPSA) is 37.3 Å². The Hall–Kier alpha value is -1.01. The van der Waals surface area contributed by atoms with Gasteiger partial charge in [0.2, 0.25) is 0 Å². The fraction of sp³-hybridized carbons (Fsp3) is 0.500. The third-order valence-electron chi connectivity index (χ3n) is 1.74. The van der Waals surface area contributed by atoms with E-state index in [1.807, 2.05) is 0 Å². The van der Waals surface area contributed by atoms with Gasteiger partial charge in [0.1, 0.15) is 8.07 Å². The first-order valence-corrected chi connectivity index (χ1v) is 7.88. The lowest BCUT2D eigenvalue weighted by molar-refractivity contribution is -0.117. The highest BCUT2D eigenvalue weighted by Gasteiger charge is 2.21. The molecule has 0 heterocycles. The standard InChI is InChI=1S/C10H14O2Si/c1-13(2,3)7-6-8-4-5-9(11)10(8)12/h12H,4-5H2,1-3H3. The number of hydrogen-bond donors (Lipinski definition) is 1. The maximum absolute atomic E-state index is 10.9. The minimum atomic E-state index is -1.39.